The molecule has 11 heteroatoms. The maximum Gasteiger partial charge on any atom is 0.328 e. The lowest BCUT2D eigenvalue weighted by atomic mass is 9.86. The Hall–Kier alpha value is -3.86. The molecule has 6 atom stereocenters. The summed E-state index contributed by atoms with van der Waals surface area (Å²) in [6.07, 6.45) is 6.80. The van der Waals surface area contributed by atoms with Crippen molar-refractivity contribution >= 4 is 41.4 Å². The standard InChI is InChI=1S/C41H56N4O6S/c1-28(2)27-44-23-11-10-17-33(39(44)48)42-37(46)31(25-29-13-6-4-7-14-29)20-21-32(26-30-15-8-5-9-16-30)38(47)43-34-22-24-52-36-19-12-18-35(41(50)51-3)45(36)40(34)49/h4-9,13-16,28,31-36H,10-12,17-27H2,1-3H3,(H,42,46)(H,43,47)/t31-,32-,33-,34-,35-,36?/m0/s1. The number of nitrogens with one attached hydrogen (secondary N) is 2. The van der Waals surface area contributed by atoms with Gasteiger partial charge in [-0.1, -0.05) is 74.5 Å². The van der Waals surface area contributed by atoms with E-state index in [0.717, 1.165) is 36.8 Å². The number of carbonyl (C=O) groups is 5. The lowest BCUT2D eigenvalue weighted by Crippen LogP contribution is -2.57. The van der Waals surface area contributed by atoms with Crippen molar-refractivity contribution in [2.24, 2.45) is 17.8 Å². The number of fused-ring (bicyclic) bond motifs is 1. The molecule has 2 aromatic carbocycles. The van der Waals surface area contributed by atoms with Gasteiger partial charge < -0.3 is 25.2 Å². The van der Waals surface area contributed by atoms with E-state index in [1.807, 2.05) is 65.6 Å². The number of ether oxygens (including phenoxy) is 1. The van der Waals surface area contributed by atoms with Crippen LogP contribution in [0.15, 0.2) is 60.7 Å². The molecule has 0 aromatic heterocycles. The Morgan fingerprint density at radius 3 is 1.90 bits per heavy atom. The van der Waals surface area contributed by atoms with E-state index >= 15 is 0 Å². The number of nitrogens with zero attached hydrogens (tertiary/aromatic N) is 2. The molecule has 1 unspecified atom stereocenters. The van der Waals surface area contributed by atoms with Crippen LogP contribution in [0, 0.1) is 17.8 Å². The monoisotopic (exact) mass is 732 g/mol. The van der Waals surface area contributed by atoms with Gasteiger partial charge in [-0.05, 0) is 93.4 Å². The molecule has 3 saturated heterocycles. The predicted molar refractivity (Wildman–Crippen MR) is 203 cm³/mol. The van der Waals surface area contributed by atoms with Crippen LogP contribution in [0.3, 0.4) is 0 Å². The summed E-state index contributed by atoms with van der Waals surface area (Å²) in [6.45, 7) is 5.56. The van der Waals surface area contributed by atoms with Crippen LogP contribution < -0.4 is 10.6 Å². The third-order valence-electron chi connectivity index (χ3n) is 10.6. The summed E-state index contributed by atoms with van der Waals surface area (Å²) < 4.78 is 5.06. The fourth-order valence-electron chi connectivity index (χ4n) is 7.84. The lowest BCUT2D eigenvalue weighted by molar-refractivity contribution is -0.156. The van der Waals surface area contributed by atoms with Crippen LogP contribution in [-0.2, 0) is 41.6 Å². The van der Waals surface area contributed by atoms with Crippen LogP contribution in [0.4, 0.5) is 0 Å². The van der Waals surface area contributed by atoms with Gasteiger partial charge in [-0.15, -0.1) is 11.8 Å². The van der Waals surface area contributed by atoms with Crippen molar-refractivity contribution < 1.29 is 28.7 Å². The summed E-state index contributed by atoms with van der Waals surface area (Å²) in [7, 11) is 1.34. The number of amides is 4. The second-order valence-electron chi connectivity index (χ2n) is 15.0. The van der Waals surface area contributed by atoms with Crippen LogP contribution >= 0.6 is 11.8 Å². The van der Waals surface area contributed by atoms with Crippen molar-refractivity contribution in [1.29, 1.82) is 0 Å². The minimum absolute atomic E-state index is 0.0176. The number of hydrogen-bond acceptors (Lipinski definition) is 7. The number of carbonyl (C=O) groups excluding carboxylic acids is 5. The number of rotatable bonds is 14. The van der Waals surface area contributed by atoms with Crippen molar-refractivity contribution in [3.63, 3.8) is 0 Å². The molecule has 0 bridgehead atoms. The molecule has 4 amide bonds. The fourth-order valence-corrected chi connectivity index (χ4v) is 9.23. The lowest BCUT2D eigenvalue weighted by Gasteiger charge is -2.40. The highest BCUT2D eigenvalue weighted by Crippen LogP contribution is 2.35. The highest BCUT2D eigenvalue weighted by molar-refractivity contribution is 7.99. The Morgan fingerprint density at radius 1 is 0.769 bits per heavy atom. The molecular weight excluding hydrogens is 677 g/mol. The predicted octanol–water partition coefficient (Wildman–Crippen LogP) is 5.14. The number of hydrogen-bond donors (Lipinski definition) is 2. The maximum absolute atomic E-state index is 14.2. The summed E-state index contributed by atoms with van der Waals surface area (Å²) in [6, 6.07) is 17.7. The molecule has 3 fully saturated rings. The zero-order chi connectivity index (χ0) is 37.0. The topological polar surface area (TPSA) is 125 Å². The minimum atomic E-state index is -0.757. The molecule has 0 spiro atoms. The van der Waals surface area contributed by atoms with Crippen LogP contribution in [0.1, 0.15) is 82.8 Å². The van der Waals surface area contributed by atoms with Gasteiger partial charge in [0.25, 0.3) is 0 Å². The Kier molecular flexibility index (Phi) is 14.6. The maximum atomic E-state index is 14.2. The first-order chi connectivity index (χ1) is 25.1. The Bertz CT molecular complexity index is 1510. The summed E-state index contributed by atoms with van der Waals surface area (Å²) in [5, 5.41) is 6.11. The molecule has 0 saturated carbocycles. The molecule has 3 heterocycles. The minimum Gasteiger partial charge on any atom is -0.467 e. The van der Waals surface area contributed by atoms with Crippen molar-refractivity contribution in [2.75, 3.05) is 26.0 Å². The molecule has 2 N–H and O–H groups in total. The molecule has 3 aliphatic heterocycles. The zero-order valence-electron chi connectivity index (χ0n) is 31.0. The number of methoxy groups -OCH3 is 1. The van der Waals surface area contributed by atoms with E-state index in [1.54, 1.807) is 16.7 Å². The summed E-state index contributed by atoms with van der Waals surface area (Å²) >= 11 is 1.66. The molecule has 0 aliphatic carbocycles. The quantitative estimate of drug-likeness (QED) is 0.258. The molecule has 10 nitrogen and oxygen atoms in total. The van der Waals surface area contributed by atoms with Gasteiger partial charge in [0.15, 0.2) is 0 Å². The Labute approximate surface area is 313 Å². The summed E-state index contributed by atoms with van der Waals surface area (Å²) in [5.41, 5.74) is 2.00. The number of benzene rings is 2. The fraction of sp³-hybridized carbons (Fsp3) is 0.585. The molecule has 0 radical (unpaired) electrons. The van der Waals surface area contributed by atoms with E-state index in [0.29, 0.717) is 69.7 Å². The van der Waals surface area contributed by atoms with Crippen molar-refractivity contribution in [1.82, 2.24) is 20.4 Å². The third-order valence-corrected chi connectivity index (χ3v) is 11.9. The molecular formula is C41H56N4O6S. The largest absolute Gasteiger partial charge is 0.467 e. The van der Waals surface area contributed by atoms with Crippen LogP contribution in [0.25, 0.3) is 0 Å². The SMILES string of the molecule is COC(=O)[C@@H]1CCCC2SCC[C@H](NC(=O)[C@@H](CC[C@@H](Cc3ccccc3)C(=O)N[C@H]3CCCCN(CC(C)C)C3=O)Cc3ccccc3)C(=O)N21. The van der Waals surface area contributed by atoms with Crippen molar-refractivity contribution in [3.8, 4) is 0 Å². The van der Waals surface area contributed by atoms with E-state index in [4.69, 9.17) is 4.74 Å². The number of piperidine rings is 1. The van der Waals surface area contributed by atoms with E-state index in [2.05, 4.69) is 24.5 Å². The third kappa shape index (κ3) is 10.6. The van der Waals surface area contributed by atoms with E-state index in [1.165, 1.54) is 7.11 Å². The summed E-state index contributed by atoms with van der Waals surface area (Å²) in [5.74, 6) is -1.04. The van der Waals surface area contributed by atoms with Gasteiger partial charge in [0.2, 0.25) is 23.6 Å². The van der Waals surface area contributed by atoms with E-state index in [-0.39, 0.29) is 29.0 Å². The number of esters is 1. The van der Waals surface area contributed by atoms with Gasteiger partial charge in [0.05, 0.1) is 12.5 Å². The Morgan fingerprint density at radius 2 is 1.35 bits per heavy atom. The average Bonchev–Trinajstić information content (AvgIpc) is 3.41. The molecule has 5 rings (SSSR count). The first-order valence-electron chi connectivity index (χ1n) is 19.1. The highest BCUT2D eigenvalue weighted by Gasteiger charge is 2.44. The van der Waals surface area contributed by atoms with Crippen LogP contribution in [0.5, 0.6) is 0 Å². The molecule has 2 aromatic rings. The van der Waals surface area contributed by atoms with Gasteiger partial charge in [0, 0.05) is 24.9 Å². The second-order valence-corrected chi connectivity index (χ2v) is 16.3. The van der Waals surface area contributed by atoms with Gasteiger partial charge in [0.1, 0.15) is 18.1 Å². The number of likely N-dealkylation sites (tertiary alicyclic amines) is 1. The van der Waals surface area contributed by atoms with Gasteiger partial charge in [-0.3, -0.25) is 19.2 Å². The van der Waals surface area contributed by atoms with Crippen LogP contribution in [0.2, 0.25) is 0 Å². The summed E-state index contributed by atoms with van der Waals surface area (Å²) in [4.78, 5) is 72.2. The second kappa shape index (κ2) is 19.3. The van der Waals surface area contributed by atoms with Gasteiger partial charge in [-0.25, -0.2) is 4.79 Å². The molecule has 3 aliphatic rings. The molecule has 52 heavy (non-hydrogen) atoms. The van der Waals surface area contributed by atoms with E-state index < -0.39 is 35.9 Å². The first-order valence-corrected chi connectivity index (χ1v) is 20.2. The van der Waals surface area contributed by atoms with E-state index in [9.17, 15) is 24.0 Å². The number of thioether (sulfide) groups is 1. The smallest absolute Gasteiger partial charge is 0.328 e. The van der Waals surface area contributed by atoms with Crippen molar-refractivity contribution in [3.05, 3.63) is 71.8 Å². The Balaban J connectivity index is 1.34. The van der Waals surface area contributed by atoms with Gasteiger partial charge in [-0.2, -0.15) is 0 Å². The molecule has 282 valence electrons. The highest BCUT2D eigenvalue weighted by atomic mass is 32.2. The average molecular weight is 733 g/mol. The zero-order valence-corrected chi connectivity index (χ0v) is 31.8. The van der Waals surface area contributed by atoms with Crippen molar-refractivity contribution in [2.45, 2.75) is 108 Å². The normalized spacial score (nSPS) is 23.5. The first kappa shape index (κ1) is 39.3. The van der Waals surface area contributed by atoms with Gasteiger partial charge >= 0.3 is 5.97 Å². The van der Waals surface area contributed by atoms with Crippen LogP contribution in [-0.4, -0.2) is 88.8 Å².